The summed E-state index contributed by atoms with van der Waals surface area (Å²) in [7, 11) is 0. The summed E-state index contributed by atoms with van der Waals surface area (Å²) in [5.41, 5.74) is 0. The van der Waals surface area contributed by atoms with Crippen LogP contribution in [0.25, 0.3) is 0 Å². The predicted molar refractivity (Wildman–Crippen MR) is 32.4 cm³/mol. The Hall–Kier alpha value is 0.500. The van der Waals surface area contributed by atoms with Crippen molar-refractivity contribution in [2.45, 2.75) is 11.8 Å². The fourth-order valence-electron chi connectivity index (χ4n) is 0. The molecule has 6 heavy (non-hydrogen) atoms. The van der Waals surface area contributed by atoms with E-state index in [1.54, 1.807) is 6.92 Å². The first-order valence-electron chi connectivity index (χ1n) is 1.51. The van der Waals surface area contributed by atoms with E-state index in [4.69, 9.17) is 0 Å². The number of hydrogen-bond acceptors (Lipinski definition) is 1. The third-order valence-electron chi connectivity index (χ3n) is 0.340. The van der Waals surface area contributed by atoms with Gasteiger partial charge >= 0.3 is 0 Å². The molecule has 0 unspecified atom stereocenters. The fraction of sp³-hybridized carbons (Fsp3) is 0.667. The van der Waals surface area contributed by atoms with E-state index >= 15 is 0 Å². The van der Waals surface area contributed by atoms with Crippen molar-refractivity contribution >= 4 is 33.7 Å². The molecule has 0 saturated heterocycles. The lowest BCUT2D eigenvalue weighted by molar-refractivity contribution is -0.110. The van der Waals surface area contributed by atoms with Gasteiger partial charge in [0.25, 0.3) is 0 Å². The van der Waals surface area contributed by atoms with Crippen LogP contribution in [0.15, 0.2) is 0 Å². The van der Waals surface area contributed by atoms with Gasteiger partial charge in [-0.2, -0.15) is 0 Å². The second kappa shape index (κ2) is 2.64. The van der Waals surface area contributed by atoms with E-state index in [0.29, 0.717) is 0 Å². The van der Waals surface area contributed by atoms with Gasteiger partial charge in [-0.1, -0.05) is 15.9 Å². The molecule has 0 saturated carbocycles. The molecule has 0 aliphatic carbocycles. The molecule has 1 nitrogen and oxygen atoms in total. The molecule has 0 bridgehead atoms. The Morgan fingerprint density at radius 3 is 2.17 bits per heavy atom. The number of halogens is 1. The van der Waals surface area contributed by atoms with Crippen LogP contribution in [0.2, 0.25) is 0 Å². The Kier molecular flexibility index (Phi) is 2.86. The Labute approximate surface area is 50.7 Å². The number of rotatable bonds is 1. The van der Waals surface area contributed by atoms with Gasteiger partial charge in [0.2, 0.25) is 0 Å². The van der Waals surface area contributed by atoms with E-state index < -0.39 is 0 Å². The first-order valence-corrected chi connectivity index (χ1v) is 2.87. The summed E-state index contributed by atoms with van der Waals surface area (Å²) in [5, 5.41) is -0.130. The minimum absolute atomic E-state index is 0.110. The quantitative estimate of drug-likeness (QED) is 0.461. The zero-order valence-electron chi connectivity index (χ0n) is 3.31. The van der Waals surface area contributed by atoms with E-state index in [9.17, 15) is 4.79 Å². The average molecular weight is 169 g/mol. The van der Waals surface area contributed by atoms with Crippen LogP contribution in [0.4, 0.5) is 0 Å². The molecular weight excluding hydrogens is 164 g/mol. The van der Waals surface area contributed by atoms with Crippen LogP contribution >= 0.6 is 28.6 Å². The smallest absolute Gasteiger partial charge is 0.199 e. The molecule has 1 atom stereocenters. The second-order valence-electron chi connectivity index (χ2n) is 0.954. The predicted octanol–water partition coefficient (Wildman–Crippen LogP) is 1.23. The van der Waals surface area contributed by atoms with Crippen molar-refractivity contribution in [1.29, 1.82) is 0 Å². The van der Waals surface area contributed by atoms with E-state index in [1.807, 2.05) is 0 Å². The summed E-state index contributed by atoms with van der Waals surface area (Å²) in [6.45, 7) is 1.73. The Bertz CT molecular complexity index is 61.8. The lowest BCUT2D eigenvalue weighted by Crippen LogP contribution is -1.98. The van der Waals surface area contributed by atoms with Gasteiger partial charge in [-0.25, -0.2) is 0 Å². The lowest BCUT2D eigenvalue weighted by Gasteiger charge is -1.87. The van der Waals surface area contributed by atoms with Gasteiger partial charge in [0.1, 0.15) is 0 Å². The highest BCUT2D eigenvalue weighted by molar-refractivity contribution is 9.10. The molecule has 0 spiro atoms. The third-order valence-corrected chi connectivity index (χ3v) is 1.50. The van der Waals surface area contributed by atoms with Gasteiger partial charge in [0, 0.05) is 0 Å². The molecule has 0 aromatic carbocycles. The largest absolute Gasteiger partial charge is 0.286 e. The molecule has 0 radical (unpaired) electrons. The monoisotopic (exact) mass is 168 g/mol. The second-order valence-corrected chi connectivity index (χ2v) is 2.77. The van der Waals surface area contributed by atoms with Crippen molar-refractivity contribution in [2.24, 2.45) is 0 Å². The summed E-state index contributed by atoms with van der Waals surface area (Å²) in [4.78, 5) is 9.85. The van der Waals surface area contributed by atoms with Crippen LogP contribution in [0.5, 0.6) is 0 Å². The SMILES string of the molecule is C[C@H](Br)C(=O)S. The molecule has 0 amide bonds. The third kappa shape index (κ3) is 2.72. The fourth-order valence-corrected chi connectivity index (χ4v) is 0. The molecular formula is C3H5BrOS. The maximum atomic E-state index is 9.96. The summed E-state index contributed by atoms with van der Waals surface area (Å²) >= 11 is 6.52. The molecule has 0 fully saturated rings. The van der Waals surface area contributed by atoms with Gasteiger partial charge in [0.15, 0.2) is 5.12 Å². The van der Waals surface area contributed by atoms with Gasteiger partial charge in [0.05, 0.1) is 4.83 Å². The van der Waals surface area contributed by atoms with Crippen molar-refractivity contribution in [2.75, 3.05) is 0 Å². The minimum atomic E-state index is -0.130. The van der Waals surface area contributed by atoms with E-state index in [2.05, 4.69) is 28.6 Å². The molecule has 0 aromatic rings. The first kappa shape index (κ1) is 6.50. The molecule has 0 aliphatic rings. The van der Waals surface area contributed by atoms with Crippen LogP contribution in [0.1, 0.15) is 6.92 Å². The summed E-state index contributed by atoms with van der Waals surface area (Å²) < 4.78 is 0. The van der Waals surface area contributed by atoms with Crippen LogP contribution in [-0.2, 0) is 4.79 Å². The molecule has 0 N–H and O–H groups in total. The summed E-state index contributed by atoms with van der Waals surface area (Å²) in [6.07, 6.45) is 0. The zero-order chi connectivity index (χ0) is 5.15. The number of carbonyl (C=O) groups excluding carboxylic acids is 1. The average Bonchev–Trinajstić information content (AvgIpc) is 1.36. The van der Waals surface area contributed by atoms with Crippen molar-refractivity contribution in [1.82, 2.24) is 0 Å². The van der Waals surface area contributed by atoms with Gasteiger partial charge in [-0.3, -0.25) is 4.79 Å². The van der Waals surface area contributed by atoms with Gasteiger partial charge < -0.3 is 0 Å². The van der Waals surface area contributed by atoms with Crippen LogP contribution in [0.3, 0.4) is 0 Å². The highest BCUT2D eigenvalue weighted by atomic mass is 79.9. The normalized spacial score (nSPS) is 13.8. The van der Waals surface area contributed by atoms with Gasteiger partial charge in [-0.15, -0.1) is 12.6 Å². The van der Waals surface area contributed by atoms with Crippen LogP contribution in [0, 0.1) is 0 Å². The van der Waals surface area contributed by atoms with E-state index in [-0.39, 0.29) is 9.94 Å². The number of thiol groups is 1. The molecule has 36 valence electrons. The standard InChI is InChI=1S/C3H5BrOS/c1-2(4)3(5)6/h2H,1H3,(H,5,6)/t2-/m0/s1. The van der Waals surface area contributed by atoms with Crippen molar-refractivity contribution < 1.29 is 4.79 Å². The van der Waals surface area contributed by atoms with Crippen LogP contribution < -0.4 is 0 Å². The topological polar surface area (TPSA) is 17.1 Å². The Morgan fingerprint density at radius 1 is 2.00 bits per heavy atom. The van der Waals surface area contributed by atoms with Crippen molar-refractivity contribution in [3.63, 3.8) is 0 Å². The highest BCUT2D eigenvalue weighted by Crippen LogP contribution is 1.99. The minimum Gasteiger partial charge on any atom is -0.286 e. The van der Waals surface area contributed by atoms with Crippen molar-refractivity contribution in [3.05, 3.63) is 0 Å². The lowest BCUT2D eigenvalue weighted by atomic mass is 10.6. The maximum absolute atomic E-state index is 9.96. The molecule has 3 heteroatoms. The van der Waals surface area contributed by atoms with E-state index in [1.165, 1.54) is 0 Å². The summed E-state index contributed by atoms with van der Waals surface area (Å²) in [5.74, 6) is 0. The number of alkyl halides is 1. The van der Waals surface area contributed by atoms with Gasteiger partial charge in [-0.05, 0) is 6.92 Å². The van der Waals surface area contributed by atoms with E-state index in [0.717, 1.165) is 0 Å². The summed E-state index contributed by atoms with van der Waals surface area (Å²) in [6, 6.07) is 0. The van der Waals surface area contributed by atoms with Crippen LogP contribution in [-0.4, -0.2) is 9.94 Å². The Balaban J connectivity index is 3.26. The number of hydrogen-bond donors (Lipinski definition) is 1. The zero-order valence-corrected chi connectivity index (χ0v) is 5.79. The Morgan fingerprint density at radius 2 is 2.17 bits per heavy atom. The molecule has 0 aromatic heterocycles. The molecule has 0 heterocycles. The first-order chi connectivity index (χ1) is 2.64. The maximum Gasteiger partial charge on any atom is 0.199 e. The highest BCUT2D eigenvalue weighted by Gasteiger charge is 1.98. The molecule has 0 rings (SSSR count). The number of carbonyl (C=O) groups is 1. The van der Waals surface area contributed by atoms with Crippen molar-refractivity contribution in [3.8, 4) is 0 Å². The molecule has 0 aliphatic heterocycles.